The van der Waals surface area contributed by atoms with E-state index in [1.807, 2.05) is 18.2 Å². The Labute approximate surface area is 111 Å². The van der Waals surface area contributed by atoms with E-state index in [4.69, 9.17) is 0 Å². The number of nitrogens with one attached hydrogen (secondary N) is 1. The molecule has 0 aromatic heterocycles. The molecule has 3 heteroatoms. The van der Waals surface area contributed by atoms with Gasteiger partial charge in [-0.15, -0.1) is 0 Å². The molecule has 1 aliphatic heterocycles. The third-order valence-corrected chi connectivity index (χ3v) is 3.85. The molecule has 0 unspecified atom stereocenters. The lowest BCUT2D eigenvalue weighted by Crippen LogP contribution is -2.58. The lowest BCUT2D eigenvalue weighted by Gasteiger charge is -2.43. The van der Waals surface area contributed by atoms with Crippen molar-refractivity contribution >= 4 is 0 Å². The van der Waals surface area contributed by atoms with Gasteiger partial charge in [0.15, 0.2) is 0 Å². The zero-order chi connectivity index (χ0) is 13.3. The lowest BCUT2D eigenvalue weighted by atomic mass is 9.71. The van der Waals surface area contributed by atoms with Gasteiger partial charge in [0.2, 0.25) is 0 Å². The fourth-order valence-electron chi connectivity index (χ4n) is 2.69. The normalized spacial score (nSPS) is 16.9. The Morgan fingerprint density at radius 3 is 2.37 bits per heavy atom. The van der Waals surface area contributed by atoms with Crippen LogP contribution in [-0.2, 0) is 11.8 Å². The number of hydrogen-bond acceptors (Lipinski definition) is 1. The summed E-state index contributed by atoms with van der Waals surface area (Å²) < 4.78 is 27.1. The van der Waals surface area contributed by atoms with Gasteiger partial charge in [-0.2, -0.15) is 0 Å². The summed E-state index contributed by atoms with van der Waals surface area (Å²) >= 11 is 0. The molecule has 19 heavy (non-hydrogen) atoms. The zero-order valence-corrected chi connectivity index (χ0v) is 10.5. The summed E-state index contributed by atoms with van der Waals surface area (Å²) in [5.41, 5.74) is 1.51. The summed E-state index contributed by atoms with van der Waals surface area (Å²) in [7, 11) is 0. The van der Waals surface area contributed by atoms with Crippen molar-refractivity contribution in [1.82, 2.24) is 5.32 Å². The van der Waals surface area contributed by atoms with Gasteiger partial charge in [-0.05, 0) is 35.7 Å². The molecule has 0 aliphatic carbocycles. The van der Waals surface area contributed by atoms with E-state index in [1.165, 1.54) is 17.7 Å². The molecule has 0 bridgehead atoms. The second kappa shape index (κ2) is 4.74. The summed E-state index contributed by atoms with van der Waals surface area (Å²) in [6, 6.07) is 13.7. The standard InChI is InChI=1S/C16H15F2N/c17-14-6-7-15(18)12(8-14)9-16(10-19-11-16)13-4-2-1-3-5-13/h1-8,19H,9-11H2. The van der Waals surface area contributed by atoms with E-state index < -0.39 is 0 Å². The van der Waals surface area contributed by atoms with E-state index in [0.29, 0.717) is 12.0 Å². The van der Waals surface area contributed by atoms with Crippen molar-refractivity contribution in [2.45, 2.75) is 11.8 Å². The molecular weight excluding hydrogens is 244 g/mol. The monoisotopic (exact) mass is 259 g/mol. The Hall–Kier alpha value is -1.74. The van der Waals surface area contributed by atoms with Crippen LogP contribution in [0.25, 0.3) is 0 Å². The van der Waals surface area contributed by atoms with E-state index in [2.05, 4.69) is 17.4 Å². The predicted octanol–water partition coefficient (Wildman–Crippen LogP) is 3.05. The molecule has 1 saturated heterocycles. The van der Waals surface area contributed by atoms with Gasteiger partial charge in [-0.3, -0.25) is 0 Å². The van der Waals surface area contributed by atoms with Gasteiger partial charge in [0.25, 0.3) is 0 Å². The summed E-state index contributed by atoms with van der Waals surface area (Å²) in [6.07, 6.45) is 0.521. The first-order valence-corrected chi connectivity index (χ1v) is 6.40. The first-order valence-electron chi connectivity index (χ1n) is 6.40. The Bertz CT molecular complexity index is 577. The minimum absolute atomic E-state index is 0.115. The molecule has 0 radical (unpaired) electrons. The molecule has 0 amide bonds. The molecule has 0 atom stereocenters. The molecule has 2 aromatic rings. The maximum Gasteiger partial charge on any atom is 0.126 e. The van der Waals surface area contributed by atoms with E-state index in [1.54, 1.807) is 0 Å². The third-order valence-electron chi connectivity index (χ3n) is 3.85. The summed E-state index contributed by atoms with van der Waals surface area (Å²) in [4.78, 5) is 0. The van der Waals surface area contributed by atoms with Crippen LogP contribution in [0, 0.1) is 11.6 Å². The highest BCUT2D eigenvalue weighted by Crippen LogP contribution is 2.33. The lowest BCUT2D eigenvalue weighted by molar-refractivity contribution is 0.271. The Morgan fingerprint density at radius 2 is 1.74 bits per heavy atom. The van der Waals surface area contributed by atoms with Gasteiger partial charge in [0, 0.05) is 18.5 Å². The van der Waals surface area contributed by atoms with E-state index in [0.717, 1.165) is 19.2 Å². The van der Waals surface area contributed by atoms with Crippen LogP contribution < -0.4 is 5.32 Å². The van der Waals surface area contributed by atoms with Crippen LogP contribution in [-0.4, -0.2) is 13.1 Å². The highest BCUT2D eigenvalue weighted by molar-refractivity contribution is 5.34. The zero-order valence-electron chi connectivity index (χ0n) is 10.5. The topological polar surface area (TPSA) is 12.0 Å². The first kappa shape index (κ1) is 12.3. The molecule has 1 N–H and O–H groups in total. The largest absolute Gasteiger partial charge is 0.315 e. The van der Waals surface area contributed by atoms with Crippen molar-refractivity contribution in [3.8, 4) is 0 Å². The van der Waals surface area contributed by atoms with Crippen molar-refractivity contribution in [2.75, 3.05) is 13.1 Å². The molecular formula is C16H15F2N. The summed E-state index contributed by atoms with van der Waals surface area (Å²) in [5.74, 6) is -0.712. The predicted molar refractivity (Wildman–Crippen MR) is 71.1 cm³/mol. The minimum Gasteiger partial charge on any atom is -0.315 e. The van der Waals surface area contributed by atoms with E-state index in [-0.39, 0.29) is 17.0 Å². The van der Waals surface area contributed by atoms with Crippen LogP contribution >= 0.6 is 0 Å². The minimum atomic E-state index is -0.383. The second-order valence-corrected chi connectivity index (χ2v) is 5.16. The van der Waals surface area contributed by atoms with Crippen LogP contribution in [0.4, 0.5) is 8.78 Å². The second-order valence-electron chi connectivity index (χ2n) is 5.16. The van der Waals surface area contributed by atoms with Crippen LogP contribution in [0.5, 0.6) is 0 Å². The summed E-state index contributed by atoms with van der Waals surface area (Å²) in [5, 5.41) is 3.24. The number of benzene rings is 2. The molecule has 3 rings (SSSR count). The van der Waals surface area contributed by atoms with E-state index in [9.17, 15) is 8.78 Å². The van der Waals surface area contributed by atoms with Crippen molar-refractivity contribution in [3.63, 3.8) is 0 Å². The van der Waals surface area contributed by atoms with Crippen molar-refractivity contribution in [2.24, 2.45) is 0 Å². The third kappa shape index (κ3) is 2.26. The van der Waals surface area contributed by atoms with Crippen LogP contribution in [0.3, 0.4) is 0 Å². The van der Waals surface area contributed by atoms with Gasteiger partial charge in [-0.25, -0.2) is 8.78 Å². The average Bonchev–Trinajstić information content (AvgIpc) is 2.39. The quantitative estimate of drug-likeness (QED) is 0.893. The van der Waals surface area contributed by atoms with Crippen LogP contribution in [0.2, 0.25) is 0 Å². The molecule has 2 aromatic carbocycles. The van der Waals surface area contributed by atoms with E-state index >= 15 is 0 Å². The first-order chi connectivity index (χ1) is 9.20. The number of rotatable bonds is 3. The molecule has 0 spiro atoms. The maximum atomic E-state index is 13.8. The smallest absolute Gasteiger partial charge is 0.126 e. The van der Waals surface area contributed by atoms with Crippen molar-refractivity contribution in [3.05, 3.63) is 71.3 Å². The molecule has 1 aliphatic rings. The fourth-order valence-corrected chi connectivity index (χ4v) is 2.69. The molecule has 0 saturated carbocycles. The number of halogens is 2. The van der Waals surface area contributed by atoms with Gasteiger partial charge < -0.3 is 5.32 Å². The number of hydrogen-bond donors (Lipinski definition) is 1. The highest BCUT2D eigenvalue weighted by Gasteiger charge is 2.39. The van der Waals surface area contributed by atoms with Gasteiger partial charge in [0.1, 0.15) is 11.6 Å². The Morgan fingerprint density at radius 1 is 1.00 bits per heavy atom. The fraction of sp³-hybridized carbons (Fsp3) is 0.250. The average molecular weight is 259 g/mol. The Balaban J connectivity index is 1.94. The van der Waals surface area contributed by atoms with Crippen molar-refractivity contribution < 1.29 is 8.78 Å². The van der Waals surface area contributed by atoms with Gasteiger partial charge >= 0.3 is 0 Å². The van der Waals surface area contributed by atoms with Crippen molar-refractivity contribution in [1.29, 1.82) is 0 Å². The van der Waals surface area contributed by atoms with Gasteiger partial charge in [0.05, 0.1) is 0 Å². The van der Waals surface area contributed by atoms with Crippen LogP contribution in [0.1, 0.15) is 11.1 Å². The maximum absolute atomic E-state index is 13.8. The van der Waals surface area contributed by atoms with Gasteiger partial charge in [-0.1, -0.05) is 30.3 Å². The Kier molecular flexibility index (Phi) is 3.07. The highest BCUT2D eigenvalue weighted by atomic mass is 19.1. The summed E-state index contributed by atoms with van der Waals surface area (Å²) in [6.45, 7) is 1.60. The molecule has 1 heterocycles. The SMILES string of the molecule is Fc1ccc(F)c(CC2(c3ccccc3)CNC2)c1. The van der Waals surface area contributed by atoms with Crippen LogP contribution in [0.15, 0.2) is 48.5 Å². The molecule has 1 fully saturated rings. The molecule has 1 nitrogen and oxygen atoms in total. The molecule has 98 valence electrons.